The number of esters is 1. The highest BCUT2D eigenvalue weighted by atomic mass is 16.6. The van der Waals surface area contributed by atoms with Gasteiger partial charge in [-0.05, 0) is 13.3 Å². The molecule has 0 saturated heterocycles. The van der Waals surface area contributed by atoms with Crippen molar-refractivity contribution in [2.24, 2.45) is 0 Å². The van der Waals surface area contributed by atoms with Crippen LogP contribution in [-0.4, -0.2) is 105 Å². The Labute approximate surface area is 212 Å². The van der Waals surface area contributed by atoms with E-state index in [4.69, 9.17) is 37.9 Å². The van der Waals surface area contributed by atoms with Crippen molar-refractivity contribution in [3.8, 4) is 0 Å². The molecule has 0 fully saturated rings. The molecule has 208 valence electrons. The molecule has 0 bridgehead atoms. The summed E-state index contributed by atoms with van der Waals surface area (Å²) >= 11 is 0. The van der Waals surface area contributed by atoms with E-state index in [1.54, 1.807) is 6.92 Å². The fraction of sp³-hybridized carbons (Fsp3) is 0.885. The summed E-state index contributed by atoms with van der Waals surface area (Å²) in [4.78, 5) is 11.2. The highest BCUT2D eigenvalue weighted by Crippen LogP contribution is 2.04. The molecular formula is C26H50O9. The van der Waals surface area contributed by atoms with Gasteiger partial charge in [-0.15, -0.1) is 0 Å². The molecule has 0 amide bonds. The SMILES string of the molecule is C=C(C)C(=O)OCCOCCOCCOCCOCCOCCOCCOCCCCCCCC. The lowest BCUT2D eigenvalue weighted by molar-refractivity contribution is -0.140. The van der Waals surface area contributed by atoms with E-state index in [1.807, 2.05) is 0 Å². The van der Waals surface area contributed by atoms with Gasteiger partial charge in [-0.3, -0.25) is 0 Å². The zero-order valence-corrected chi connectivity index (χ0v) is 22.2. The lowest BCUT2D eigenvalue weighted by Gasteiger charge is -2.08. The Morgan fingerprint density at radius 2 is 0.800 bits per heavy atom. The normalized spacial score (nSPS) is 11.1. The zero-order chi connectivity index (χ0) is 25.7. The van der Waals surface area contributed by atoms with Crippen LogP contribution in [-0.2, 0) is 42.7 Å². The number of rotatable bonds is 29. The topological polar surface area (TPSA) is 90.9 Å². The summed E-state index contributed by atoms with van der Waals surface area (Å²) in [6, 6.07) is 0. The van der Waals surface area contributed by atoms with E-state index < -0.39 is 5.97 Å². The summed E-state index contributed by atoms with van der Waals surface area (Å²) in [5, 5.41) is 0. The van der Waals surface area contributed by atoms with Gasteiger partial charge >= 0.3 is 5.97 Å². The van der Waals surface area contributed by atoms with E-state index in [0.29, 0.717) is 91.5 Å². The van der Waals surface area contributed by atoms with Crippen LogP contribution in [0.4, 0.5) is 0 Å². The van der Waals surface area contributed by atoms with Crippen molar-refractivity contribution in [1.82, 2.24) is 0 Å². The standard InChI is InChI=1S/C26H50O9/c1-4-5-6-7-8-9-10-28-11-12-29-13-14-30-15-16-31-17-18-32-19-20-33-21-22-34-23-24-35-26(27)25(2)3/h2,4-24H2,1,3H3. The maximum absolute atomic E-state index is 11.2. The Hall–Kier alpha value is -1.07. The van der Waals surface area contributed by atoms with Crippen molar-refractivity contribution in [3.05, 3.63) is 12.2 Å². The van der Waals surface area contributed by atoms with E-state index >= 15 is 0 Å². The zero-order valence-electron chi connectivity index (χ0n) is 22.2. The number of hydrogen-bond donors (Lipinski definition) is 0. The van der Waals surface area contributed by atoms with Crippen LogP contribution in [0.15, 0.2) is 12.2 Å². The third kappa shape index (κ3) is 29.1. The van der Waals surface area contributed by atoms with Gasteiger partial charge in [0.1, 0.15) is 6.61 Å². The summed E-state index contributed by atoms with van der Waals surface area (Å²) in [5.41, 5.74) is 0.378. The molecule has 0 aliphatic heterocycles. The molecule has 0 atom stereocenters. The molecule has 0 saturated carbocycles. The molecule has 0 aromatic rings. The second-order valence-electron chi connectivity index (χ2n) is 7.97. The van der Waals surface area contributed by atoms with Gasteiger partial charge in [0, 0.05) is 12.2 Å². The maximum atomic E-state index is 11.2. The van der Waals surface area contributed by atoms with Crippen LogP contribution in [0.3, 0.4) is 0 Å². The van der Waals surface area contributed by atoms with E-state index in [0.717, 1.165) is 13.0 Å². The molecular weight excluding hydrogens is 456 g/mol. The fourth-order valence-corrected chi connectivity index (χ4v) is 2.72. The first-order valence-electron chi connectivity index (χ1n) is 13.0. The summed E-state index contributed by atoms with van der Waals surface area (Å²) < 4.78 is 43.0. The van der Waals surface area contributed by atoms with Gasteiger partial charge in [0.15, 0.2) is 0 Å². The Morgan fingerprint density at radius 1 is 0.486 bits per heavy atom. The predicted molar refractivity (Wildman–Crippen MR) is 135 cm³/mol. The molecule has 0 spiro atoms. The summed E-state index contributed by atoms with van der Waals surface area (Å²) in [5.74, 6) is -0.404. The maximum Gasteiger partial charge on any atom is 0.333 e. The minimum absolute atomic E-state index is 0.211. The van der Waals surface area contributed by atoms with Gasteiger partial charge in [-0.1, -0.05) is 45.6 Å². The predicted octanol–water partition coefficient (Wildman–Crippen LogP) is 3.58. The number of carbonyl (C=O) groups excluding carboxylic acids is 1. The van der Waals surface area contributed by atoms with Crippen LogP contribution in [0.25, 0.3) is 0 Å². The molecule has 0 unspecified atom stereocenters. The molecule has 0 N–H and O–H groups in total. The summed E-state index contributed by atoms with van der Waals surface area (Å²) in [6.45, 7) is 15.1. The Kier molecular flexibility index (Phi) is 28.3. The molecule has 0 aliphatic carbocycles. The summed E-state index contributed by atoms with van der Waals surface area (Å²) in [7, 11) is 0. The average molecular weight is 507 g/mol. The van der Waals surface area contributed by atoms with Crippen LogP contribution >= 0.6 is 0 Å². The monoisotopic (exact) mass is 506 g/mol. The Bertz CT molecular complexity index is 460. The number of unbranched alkanes of at least 4 members (excludes halogenated alkanes) is 5. The van der Waals surface area contributed by atoms with Crippen molar-refractivity contribution in [2.45, 2.75) is 52.4 Å². The van der Waals surface area contributed by atoms with Gasteiger partial charge in [0.2, 0.25) is 0 Å². The first kappa shape index (κ1) is 33.9. The van der Waals surface area contributed by atoms with Crippen molar-refractivity contribution in [3.63, 3.8) is 0 Å². The number of ether oxygens (including phenoxy) is 8. The molecule has 0 aromatic carbocycles. The highest BCUT2D eigenvalue weighted by Gasteiger charge is 2.01. The lowest BCUT2D eigenvalue weighted by Crippen LogP contribution is -2.15. The molecule has 35 heavy (non-hydrogen) atoms. The molecule has 9 nitrogen and oxygen atoms in total. The van der Waals surface area contributed by atoms with Gasteiger partial charge in [-0.2, -0.15) is 0 Å². The van der Waals surface area contributed by atoms with E-state index in [-0.39, 0.29) is 6.61 Å². The third-order valence-corrected chi connectivity index (χ3v) is 4.68. The van der Waals surface area contributed by atoms with Crippen LogP contribution in [0.5, 0.6) is 0 Å². The van der Waals surface area contributed by atoms with Crippen LogP contribution in [0, 0.1) is 0 Å². The van der Waals surface area contributed by atoms with E-state index in [2.05, 4.69) is 13.5 Å². The minimum atomic E-state index is -0.404. The van der Waals surface area contributed by atoms with Crippen molar-refractivity contribution < 1.29 is 42.7 Å². The summed E-state index contributed by atoms with van der Waals surface area (Å²) in [6.07, 6.45) is 7.68. The van der Waals surface area contributed by atoms with Gasteiger partial charge in [0.25, 0.3) is 0 Å². The minimum Gasteiger partial charge on any atom is -0.460 e. The second kappa shape index (κ2) is 29.2. The molecule has 9 heteroatoms. The first-order chi connectivity index (χ1) is 17.2. The third-order valence-electron chi connectivity index (χ3n) is 4.68. The van der Waals surface area contributed by atoms with Crippen molar-refractivity contribution in [2.75, 3.05) is 99.1 Å². The van der Waals surface area contributed by atoms with Gasteiger partial charge in [-0.25, -0.2) is 4.79 Å². The smallest absolute Gasteiger partial charge is 0.333 e. The van der Waals surface area contributed by atoms with Crippen LogP contribution in [0.2, 0.25) is 0 Å². The molecule has 0 rings (SSSR count). The quantitative estimate of drug-likeness (QED) is 0.0857. The van der Waals surface area contributed by atoms with Gasteiger partial charge in [0.05, 0.1) is 85.9 Å². The first-order valence-corrected chi connectivity index (χ1v) is 13.0. The number of carbonyl (C=O) groups is 1. The van der Waals surface area contributed by atoms with E-state index in [1.165, 1.54) is 32.1 Å². The molecule has 0 heterocycles. The second-order valence-corrected chi connectivity index (χ2v) is 7.97. The lowest BCUT2D eigenvalue weighted by atomic mass is 10.1. The largest absolute Gasteiger partial charge is 0.460 e. The Morgan fingerprint density at radius 3 is 1.17 bits per heavy atom. The van der Waals surface area contributed by atoms with Gasteiger partial charge < -0.3 is 37.9 Å². The Balaban J connectivity index is 3.05. The van der Waals surface area contributed by atoms with Crippen molar-refractivity contribution >= 4 is 5.97 Å². The van der Waals surface area contributed by atoms with Crippen LogP contribution in [0.1, 0.15) is 52.4 Å². The highest BCUT2D eigenvalue weighted by molar-refractivity contribution is 5.86. The molecule has 0 aromatic heterocycles. The van der Waals surface area contributed by atoms with Crippen LogP contribution < -0.4 is 0 Å². The number of hydrogen-bond acceptors (Lipinski definition) is 9. The average Bonchev–Trinajstić information content (AvgIpc) is 2.85. The molecule has 0 radical (unpaired) electrons. The van der Waals surface area contributed by atoms with E-state index in [9.17, 15) is 4.79 Å². The fourth-order valence-electron chi connectivity index (χ4n) is 2.72. The van der Waals surface area contributed by atoms with Crippen molar-refractivity contribution in [1.29, 1.82) is 0 Å². The molecule has 0 aliphatic rings.